The fraction of sp³-hybridized carbons (Fsp3) is 0.375. The highest BCUT2D eigenvalue weighted by Crippen LogP contribution is 2.33. The number of morpholine rings is 1. The maximum atomic E-state index is 12.8. The molecule has 0 saturated carbocycles. The molecule has 0 radical (unpaired) electrons. The van der Waals surface area contributed by atoms with Crippen LogP contribution in [0, 0.1) is 13.8 Å². The van der Waals surface area contributed by atoms with Crippen molar-refractivity contribution < 1.29 is 19.1 Å². The molecule has 1 saturated heterocycles. The van der Waals surface area contributed by atoms with Crippen molar-refractivity contribution in [3.63, 3.8) is 0 Å². The lowest BCUT2D eigenvalue weighted by Crippen LogP contribution is -2.37. The predicted octanol–water partition coefficient (Wildman–Crippen LogP) is 4.04. The minimum atomic E-state index is -0.438. The van der Waals surface area contributed by atoms with E-state index in [1.54, 1.807) is 6.92 Å². The van der Waals surface area contributed by atoms with Crippen molar-refractivity contribution in [2.24, 2.45) is 0 Å². The SMILES string of the molecule is CCOC(=O)c1c(NC(=O)CSc2nc(Nc3ccccc3)nc(N3CCOCC3)n2)sc(C)c1C. The van der Waals surface area contributed by atoms with Gasteiger partial charge in [0, 0.05) is 23.7 Å². The second kappa shape index (κ2) is 12.2. The predicted molar refractivity (Wildman–Crippen MR) is 142 cm³/mol. The summed E-state index contributed by atoms with van der Waals surface area (Å²) < 4.78 is 10.6. The first kappa shape index (κ1) is 25.9. The maximum absolute atomic E-state index is 12.8. The smallest absolute Gasteiger partial charge is 0.341 e. The summed E-state index contributed by atoms with van der Waals surface area (Å²) in [6.45, 7) is 8.32. The van der Waals surface area contributed by atoms with Crippen LogP contribution < -0.4 is 15.5 Å². The number of nitrogens with zero attached hydrogens (tertiary/aromatic N) is 4. The zero-order valence-electron chi connectivity index (χ0n) is 20.4. The molecule has 0 unspecified atom stereocenters. The molecule has 10 nitrogen and oxygen atoms in total. The Labute approximate surface area is 217 Å². The van der Waals surface area contributed by atoms with Gasteiger partial charge in [0.25, 0.3) is 0 Å². The fourth-order valence-electron chi connectivity index (χ4n) is 3.48. The number of benzene rings is 1. The number of rotatable bonds is 9. The van der Waals surface area contributed by atoms with Crippen molar-refractivity contribution in [3.05, 3.63) is 46.3 Å². The molecule has 2 aromatic heterocycles. The second-order valence-corrected chi connectivity index (χ2v) is 10.0. The van der Waals surface area contributed by atoms with Gasteiger partial charge in [-0.1, -0.05) is 30.0 Å². The number of anilines is 4. The Hall–Kier alpha value is -3.22. The van der Waals surface area contributed by atoms with Crippen LogP contribution in [-0.2, 0) is 14.3 Å². The molecule has 3 aromatic rings. The lowest BCUT2D eigenvalue weighted by molar-refractivity contribution is -0.113. The van der Waals surface area contributed by atoms with Crippen LogP contribution >= 0.6 is 23.1 Å². The van der Waals surface area contributed by atoms with Gasteiger partial charge in [0.2, 0.25) is 17.8 Å². The summed E-state index contributed by atoms with van der Waals surface area (Å²) >= 11 is 2.56. The molecule has 12 heteroatoms. The number of para-hydroxylation sites is 1. The number of nitrogens with one attached hydrogen (secondary N) is 2. The van der Waals surface area contributed by atoms with Crippen molar-refractivity contribution in [3.8, 4) is 0 Å². The summed E-state index contributed by atoms with van der Waals surface area (Å²) in [4.78, 5) is 41.9. The third-order valence-corrected chi connectivity index (χ3v) is 7.35. The number of aryl methyl sites for hydroxylation is 1. The van der Waals surface area contributed by atoms with Crippen molar-refractivity contribution in [2.45, 2.75) is 25.9 Å². The molecule has 190 valence electrons. The van der Waals surface area contributed by atoms with E-state index < -0.39 is 5.97 Å². The Morgan fingerprint density at radius 2 is 1.89 bits per heavy atom. The topological polar surface area (TPSA) is 119 Å². The van der Waals surface area contributed by atoms with Crippen LogP contribution in [0.3, 0.4) is 0 Å². The average molecular weight is 529 g/mol. The molecule has 2 N–H and O–H groups in total. The van der Waals surface area contributed by atoms with Gasteiger partial charge in [-0.05, 0) is 38.5 Å². The van der Waals surface area contributed by atoms with E-state index in [4.69, 9.17) is 9.47 Å². The minimum Gasteiger partial charge on any atom is -0.462 e. The summed E-state index contributed by atoms with van der Waals surface area (Å²) in [6, 6.07) is 9.62. The first-order valence-corrected chi connectivity index (χ1v) is 13.4. The van der Waals surface area contributed by atoms with Crippen LogP contribution in [0.5, 0.6) is 0 Å². The molecule has 1 fully saturated rings. The van der Waals surface area contributed by atoms with Crippen LogP contribution in [0.1, 0.15) is 27.7 Å². The Balaban J connectivity index is 1.49. The Bertz CT molecular complexity index is 1210. The van der Waals surface area contributed by atoms with Gasteiger partial charge >= 0.3 is 5.97 Å². The van der Waals surface area contributed by atoms with Gasteiger partial charge in [-0.3, -0.25) is 4.79 Å². The molecule has 0 bridgehead atoms. The van der Waals surface area contributed by atoms with Crippen LogP contribution in [0.2, 0.25) is 0 Å². The first-order chi connectivity index (χ1) is 17.4. The monoisotopic (exact) mass is 528 g/mol. The van der Waals surface area contributed by atoms with E-state index in [-0.39, 0.29) is 18.3 Å². The lowest BCUT2D eigenvalue weighted by atomic mass is 10.1. The first-order valence-electron chi connectivity index (χ1n) is 11.5. The number of hydrogen-bond donors (Lipinski definition) is 2. The standard InChI is InChI=1S/C24H28N6O4S2/c1-4-34-21(32)19-15(2)16(3)36-20(19)26-18(31)14-35-24-28-22(25-17-8-6-5-7-9-17)27-23(29-24)30-10-12-33-13-11-30/h5-9H,4,10-14H2,1-3H3,(H,26,31)(H,25,27,28,29). The Kier molecular flexibility index (Phi) is 8.73. The summed E-state index contributed by atoms with van der Waals surface area (Å²) in [7, 11) is 0. The molecule has 1 aliphatic heterocycles. The van der Waals surface area contributed by atoms with E-state index in [0.29, 0.717) is 53.9 Å². The molecule has 0 spiro atoms. The van der Waals surface area contributed by atoms with Crippen molar-refractivity contribution in [1.29, 1.82) is 0 Å². The highest BCUT2D eigenvalue weighted by molar-refractivity contribution is 7.99. The quantitative estimate of drug-likeness (QED) is 0.311. The van der Waals surface area contributed by atoms with Crippen molar-refractivity contribution >= 4 is 57.6 Å². The van der Waals surface area contributed by atoms with E-state index >= 15 is 0 Å². The number of aromatic nitrogens is 3. The van der Waals surface area contributed by atoms with E-state index in [2.05, 4.69) is 25.6 Å². The van der Waals surface area contributed by atoms with E-state index in [0.717, 1.165) is 16.1 Å². The molecular formula is C24H28N6O4S2. The molecule has 0 aliphatic carbocycles. The number of hydrogen-bond acceptors (Lipinski definition) is 11. The van der Waals surface area contributed by atoms with Crippen LogP contribution in [0.25, 0.3) is 0 Å². The third-order valence-electron chi connectivity index (χ3n) is 5.38. The number of carbonyl (C=O) groups excluding carboxylic acids is 2. The molecule has 36 heavy (non-hydrogen) atoms. The van der Waals surface area contributed by atoms with E-state index in [1.807, 2.05) is 49.1 Å². The minimum absolute atomic E-state index is 0.0651. The van der Waals surface area contributed by atoms with Crippen LogP contribution in [0.15, 0.2) is 35.5 Å². The van der Waals surface area contributed by atoms with Crippen molar-refractivity contribution in [1.82, 2.24) is 15.0 Å². The molecule has 1 amide bonds. The van der Waals surface area contributed by atoms with Gasteiger partial charge in [-0.25, -0.2) is 4.79 Å². The fourth-order valence-corrected chi connectivity index (χ4v) is 5.17. The average Bonchev–Trinajstić information content (AvgIpc) is 3.16. The molecular weight excluding hydrogens is 500 g/mol. The Morgan fingerprint density at radius 3 is 2.61 bits per heavy atom. The molecule has 1 aliphatic rings. The molecule has 4 rings (SSSR count). The normalized spacial score (nSPS) is 13.4. The van der Waals surface area contributed by atoms with E-state index in [1.165, 1.54) is 23.1 Å². The highest BCUT2D eigenvalue weighted by atomic mass is 32.2. The number of thioether (sulfide) groups is 1. The van der Waals surface area contributed by atoms with Gasteiger partial charge in [0.1, 0.15) is 5.00 Å². The number of carbonyl (C=O) groups is 2. The van der Waals surface area contributed by atoms with Gasteiger partial charge in [-0.2, -0.15) is 15.0 Å². The third kappa shape index (κ3) is 6.50. The lowest BCUT2D eigenvalue weighted by Gasteiger charge is -2.27. The van der Waals surface area contributed by atoms with Gasteiger partial charge in [0.15, 0.2) is 5.16 Å². The number of esters is 1. The zero-order valence-corrected chi connectivity index (χ0v) is 22.0. The number of thiophene rings is 1. The van der Waals surface area contributed by atoms with Gasteiger partial charge in [-0.15, -0.1) is 11.3 Å². The maximum Gasteiger partial charge on any atom is 0.341 e. The zero-order chi connectivity index (χ0) is 25.5. The summed E-state index contributed by atoms with van der Waals surface area (Å²) in [5.41, 5.74) is 2.06. The number of ether oxygens (including phenoxy) is 2. The Morgan fingerprint density at radius 1 is 1.14 bits per heavy atom. The van der Waals surface area contributed by atoms with Gasteiger partial charge < -0.3 is 25.0 Å². The summed E-state index contributed by atoms with van der Waals surface area (Å²) in [5.74, 6) is 0.290. The summed E-state index contributed by atoms with van der Waals surface area (Å²) in [6.07, 6.45) is 0. The largest absolute Gasteiger partial charge is 0.462 e. The van der Waals surface area contributed by atoms with Crippen LogP contribution in [0.4, 0.5) is 22.6 Å². The van der Waals surface area contributed by atoms with Crippen molar-refractivity contribution in [2.75, 3.05) is 54.2 Å². The highest BCUT2D eigenvalue weighted by Gasteiger charge is 2.23. The molecule has 0 atom stereocenters. The number of amides is 1. The molecule has 3 heterocycles. The second-order valence-electron chi connectivity index (χ2n) is 7.88. The van der Waals surface area contributed by atoms with E-state index in [9.17, 15) is 9.59 Å². The molecule has 1 aromatic carbocycles. The van der Waals surface area contributed by atoms with Gasteiger partial charge in [0.05, 0.1) is 31.1 Å². The van der Waals surface area contributed by atoms with Crippen LogP contribution in [-0.4, -0.2) is 65.5 Å². The summed E-state index contributed by atoms with van der Waals surface area (Å²) in [5, 5.41) is 6.98.